The summed E-state index contributed by atoms with van der Waals surface area (Å²) < 4.78 is 11.1. The van der Waals surface area contributed by atoms with Crippen LogP contribution in [0.2, 0.25) is 0 Å². The van der Waals surface area contributed by atoms with Gasteiger partial charge in [0.15, 0.2) is 6.29 Å². The van der Waals surface area contributed by atoms with Gasteiger partial charge in [-0.1, -0.05) is 244 Å². The van der Waals surface area contributed by atoms with Crippen LogP contribution in [0.5, 0.6) is 0 Å². The fourth-order valence-electron chi connectivity index (χ4n) is 9.39. The van der Waals surface area contributed by atoms with Crippen LogP contribution in [-0.4, -0.2) is 110 Å². The van der Waals surface area contributed by atoms with E-state index in [2.05, 4.69) is 31.3 Å². The lowest BCUT2D eigenvalue weighted by atomic mass is 9.98. The van der Waals surface area contributed by atoms with Gasteiger partial charge in [-0.2, -0.15) is 0 Å². The number of carbonyl (C=O) groups excluding carboxylic acids is 1. The minimum atomic E-state index is -1.66. The second kappa shape index (κ2) is 46.0. The number of rotatable bonds is 49. The van der Waals surface area contributed by atoms with Crippen molar-refractivity contribution in [2.75, 3.05) is 13.2 Å². The van der Waals surface area contributed by atoms with E-state index in [1.165, 1.54) is 193 Å². The summed E-state index contributed by atoms with van der Waals surface area (Å²) in [6, 6.07) is -1.18. The quantitative estimate of drug-likeness (QED) is 0.0215. The smallest absolute Gasteiger partial charge is 0.249 e. The second-order valence-electron chi connectivity index (χ2n) is 20.4. The molecule has 0 aromatic rings. The van der Waals surface area contributed by atoms with Crippen molar-refractivity contribution in [2.24, 2.45) is 0 Å². The van der Waals surface area contributed by atoms with Gasteiger partial charge in [-0.25, -0.2) is 0 Å². The van der Waals surface area contributed by atoms with Crippen molar-refractivity contribution in [1.82, 2.24) is 5.32 Å². The van der Waals surface area contributed by atoms with Crippen molar-refractivity contribution in [2.45, 2.75) is 326 Å². The van der Waals surface area contributed by atoms with Gasteiger partial charge in [-0.05, 0) is 38.5 Å². The fraction of sp³-hybridized carbons (Fsp3) is 0.946. The summed E-state index contributed by atoms with van der Waals surface area (Å²) in [4.78, 5) is 13.2. The average molecular weight is 956 g/mol. The van der Waals surface area contributed by atoms with Crippen LogP contribution < -0.4 is 5.32 Å². The molecule has 1 aliphatic rings. The molecule has 1 heterocycles. The Bertz CT molecular complexity index is 1100. The Hall–Kier alpha value is -1.15. The molecular formula is C56H109NO10. The maximum Gasteiger partial charge on any atom is 0.249 e. The lowest BCUT2D eigenvalue weighted by Crippen LogP contribution is -2.60. The molecule has 0 aliphatic carbocycles. The topological polar surface area (TPSA) is 189 Å². The van der Waals surface area contributed by atoms with Crippen LogP contribution in [-0.2, 0) is 14.3 Å². The number of ether oxygens (including phenoxy) is 2. The minimum absolute atomic E-state index is 0.259. The van der Waals surface area contributed by atoms with Crippen LogP contribution in [0.25, 0.3) is 0 Å². The number of hydrogen-bond acceptors (Lipinski definition) is 10. The maximum absolute atomic E-state index is 13.2. The molecule has 11 heteroatoms. The van der Waals surface area contributed by atoms with E-state index in [9.17, 15) is 40.5 Å². The van der Waals surface area contributed by atoms with Crippen molar-refractivity contribution in [3.05, 3.63) is 12.2 Å². The molecular weight excluding hydrogens is 847 g/mol. The Kier molecular flexibility index (Phi) is 43.8. The molecule has 1 aliphatic heterocycles. The summed E-state index contributed by atoms with van der Waals surface area (Å²) in [5.41, 5.74) is 0. The van der Waals surface area contributed by atoms with Crippen molar-refractivity contribution < 1.29 is 50.0 Å². The molecule has 0 bridgehead atoms. The normalized spacial score (nSPS) is 20.6. The summed E-state index contributed by atoms with van der Waals surface area (Å²) >= 11 is 0. The number of carbonyl (C=O) groups is 1. The van der Waals surface area contributed by atoms with Crippen LogP contribution in [0.1, 0.15) is 271 Å². The molecule has 8 N–H and O–H groups in total. The third kappa shape index (κ3) is 34.8. The van der Waals surface area contributed by atoms with Gasteiger partial charge in [0.05, 0.1) is 25.4 Å². The molecule has 1 saturated heterocycles. The Morgan fingerprint density at radius 1 is 0.507 bits per heavy atom. The summed E-state index contributed by atoms with van der Waals surface area (Å²) in [6.45, 7) is 3.46. The van der Waals surface area contributed by atoms with Crippen molar-refractivity contribution in [3.8, 4) is 0 Å². The second-order valence-corrected chi connectivity index (χ2v) is 20.4. The number of hydrogen-bond donors (Lipinski definition) is 8. The molecule has 0 aromatic heterocycles. The highest BCUT2D eigenvalue weighted by molar-refractivity contribution is 5.80. The van der Waals surface area contributed by atoms with Gasteiger partial charge in [-0.3, -0.25) is 4.79 Å². The molecule has 398 valence electrons. The molecule has 0 radical (unpaired) electrons. The predicted octanol–water partition coefficient (Wildman–Crippen LogP) is 11.6. The first-order valence-electron chi connectivity index (χ1n) is 28.6. The van der Waals surface area contributed by atoms with E-state index in [0.717, 1.165) is 38.5 Å². The summed E-state index contributed by atoms with van der Waals surface area (Å²) in [5.74, 6) is -0.701. The van der Waals surface area contributed by atoms with Crippen molar-refractivity contribution in [3.63, 3.8) is 0 Å². The zero-order chi connectivity index (χ0) is 49.0. The Labute approximate surface area is 411 Å². The lowest BCUT2D eigenvalue weighted by Gasteiger charge is -2.40. The third-order valence-corrected chi connectivity index (χ3v) is 14.1. The molecule has 9 unspecified atom stereocenters. The SMILES string of the molecule is CCCCCCCCCCCC/C=C/CCCC(O)C(O)C(COC1OC(CO)C(O)C(O)C1O)NC(=O)C(O)CCCCCCCCCCCCCCCCCCCCCCCCCCC. The number of aliphatic hydroxyl groups is 7. The summed E-state index contributed by atoms with van der Waals surface area (Å²) in [7, 11) is 0. The largest absolute Gasteiger partial charge is 0.394 e. The average Bonchev–Trinajstić information content (AvgIpc) is 3.33. The Morgan fingerprint density at radius 3 is 1.28 bits per heavy atom. The van der Waals surface area contributed by atoms with E-state index < -0.39 is 74.2 Å². The maximum atomic E-state index is 13.2. The van der Waals surface area contributed by atoms with E-state index in [4.69, 9.17) is 9.47 Å². The van der Waals surface area contributed by atoms with Gasteiger partial charge in [0.1, 0.15) is 36.6 Å². The van der Waals surface area contributed by atoms with Crippen LogP contribution in [0, 0.1) is 0 Å². The monoisotopic (exact) mass is 956 g/mol. The molecule has 9 atom stereocenters. The first-order valence-corrected chi connectivity index (χ1v) is 28.6. The fourth-order valence-corrected chi connectivity index (χ4v) is 9.39. The highest BCUT2D eigenvalue weighted by Crippen LogP contribution is 2.23. The molecule has 11 nitrogen and oxygen atoms in total. The van der Waals surface area contributed by atoms with Gasteiger partial charge < -0.3 is 50.5 Å². The molecule has 0 saturated carbocycles. The van der Waals surface area contributed by atoms with E-state index in [0.29, 0.717) is 12.8 Å². The van der Waals surface area contributed by atoms with Gasteiger partial charge >= 0.3 is 0 Å². The standard InChI is InChI=1S/C56H109NO10/c1-3-5-7-9-11-13-15-17-19-20-21-22-23-24-25-26-27-28-30-32-34-36-38-40-42-44-49(60)55(65)57-47(46-66-56-54(64)53(63)52(62)50(45-58)67-56)51(61)48(59)43-41-39-37-35-33-31-29-18-16-14-12-10-8-6-4-2/h35,37,47-54,56,58-64H,3-34,36,38-46H2,1-2H3,(H,57,65)/b37-35+. The van der Waals surface area contributed by atoms with Gasteiger partial charge in [-0.15, -0.1) is 0 Å². The van der Waals surface area contributed by atoms with Gasteiger partial charge in [0, 0.05) is 0 Å². The summed E-state index contributed by atoms with van der Waals surface area (Å²) in [5, 5.41) is 76.0. The highest BCUT2D eigenvalue weighted by Gasteiger charge is 2.44. The lowest BCUT2D eigenvalue weighted by molar-refractivity contribution is -0.303. The van der Waals surface area contributed by atoms with Crippen LogP contribution >= 0.6 is 0 Å². The number of aliphatic hydroxyl groups excluding tert-OH is 7. The Balaban J connectivity index is 2.29. The zero-order valence-corrected chi connectivity index (χ0v) is 43.4. The number of allylic oxidation sites excluding steroid dienone is 2. The van der Waals surface area contributed by atoms with Gasteiger partial charge in [0.25, 0.3) is 0 Å². The molecule has 1 fully saturated rings. The van der Waals surface area contributed by atoms with Gasteiger partial charge in [0.2, 0.25) is 5.91 Å². The first kappa shape index (κ1) is 63.9. The van der Waals surface area contributed by atoms with Crippen LogP contribution in [0.3, 0.4) is 0 Å². The van der Waals surface area contributed by atoms with Crippen molar-refractivity contribution in [1.29, 1.82) is 0 Å². The van der Waals surface area contributed by atoms with E-state index in [-0.39, 0.29) is 12.8 Å². The zero-order valence-electron chi connectivity index (χ0n) is 43.4. The molecule has 0 spiro atoms. The van der Waals surface area contributed by atoms with Crippen LogP contribution in [0.15, 0.2) is 12.2 Å². The van der Waals surface area contributed by atoms with E-state index in [1.54, 1.807) is 0 Å². The van der Waals surface area contributed by atoms with Crippen molar-refractivity contribution >= 4 is 5.91 Å². The molecule has 1 rings (SSSR count). The predicted molar refractivity (Wildman–Crippen MR) is 275 cm³/mol. The number of amides is 1. The van der Waals surface area contributed by atoms with E-state index >= 15 is 0 Å². The Morgan fingerprint density at radius 2 is 0.881 bits per heavy atom. The first-order chi connectivity index (χ1) is 32.7. The molecule has 0 aromatic carbocycles. The number of nitrogens with one attached hydrogen (secondary N) is 1. The minimum Gasteiger partial charge on any atom is -0.394 e. The van der Waals surface area contributed by atoms with E-state index in [1.807, 2.05) is 0 Å². The third-order valence-electron chi connectivity index (χ3n) is 14.1. The van der Waals surface area contributed by atoms with Crippen LogP contribution in [0.4, 0.5) is 0 Å². The number of unbranched alkanes of at least 4 members (excludes halogenated alkanes) is 35. The molecule has 1 amide bonds. The summed E-state index contributed by atoms with van der Waals surface area (Å²) in [6.07, 6.45) is 41.3. The highest BCUT2D eigenvalue weighted by atomic mass is 16.7. The molecule has 67 heavy (non-hydrogen) atoms.